The normalized spacial score (nSPS) is 32.1. The van der Waals surface area contributed by atoms with Crippen LogP contribution in [0.25, 0.3) is 0 Å². The zero-order valence-electron chi connectivity index (χ0n) is 9.11. The average molecular weight is 294 g/mol. The van der Waals surface area contributed by atoms with E-state index in [0.717, 1.165) is 11.3 Å². The monoisotopic (exact) mass is 294 g/mol. The molecule has 0 N–H and O–H groups in total. The SMILES string of the molecule is CCCCCCC1(CCI)CC1C. The third kappa shape index (κ3) is 3.41. The van der Waals surface area contributed by atoms with Crippen molar-refractivity contribution in [2.45, 2.75) is 58.8 Å². The Hall–Kier alpha value is 0.730. The van der Waals surface area contributed by atoms with Gasteiger partial charge in [0.15, 0.2) is 0 Å². The molecule has 0 bridgehead atoms. The van der Waals surface area contributed by atoms with E-state index in [2.05, 4.69) is 36.4 Å². The molecule has 0 spiro atoms. The smallest absolute Gasteiger partial charge is 0.0000658 e. The van der Waals surface area contributed by atoms with Gasteiger partial charge < -0.3 is 0 Å². The van der Waals surface area contributed by atoms with Crippen LogP contribution in [0.1, 0.15) is 58.8 Å². The highest BCUT2D eigenvalue weighted by atomic mass is 127. The van der Waals surface area contributed by atoms with Crippen LogP contribution in [0.15, 0.2) is 0 Å². The molecule has 0 aromatic heterocycles. The van der Waals surface area contributed by atoms with Crippen molar-refractivity contribution < 1.29 is 0 Å². The molecule has 1 heteroatoms. The highest BCUT2D eigenvalue weighted by molar-refractivity contribution is 14.1. The van der Waals surface area contributed by atoms with Gasteiger partial charge in [-0.15, -0.1) is 0 Å². The Morgan fingerprint density at radius 3 is 2.38 bits per heavy atom. The van der Waals surface area contributed by atoms with Crippen molar-refractivity contribution in [2.24, 2.45) is 11.3 Å². The fraction of sp³-hybridized carbons (Fsp3) is 1.00. The molecule has 1 fully saturated rings. The fourth-order valence-corrected chi connectivity index (χ4v) is 3.54. The topological polar surface area (TPSA) is 0 Å². The molecular weight excluding hydrogens is 271 g/mol. The zero-order chi connectivity index (χ0) is 9.73. The van der Waals surface area contributed by atoms with Crippen molar-refractivity contribution >= 4 is 22.6 Å². The Morgan fingerprint density at radius 1 is 1.23 bits per heavy atom. The van der Waals surface area contributed by atoms with Gasteiger partial charge in [-0.25, -0.2) is 0 Å². The fourth-order valence-electron chi connectivity index (χ4n) is 2.46. The molecule has 0 amide bonds. The van der Waals surface area contributed by atoms with Gasteiger partial charge in [0, 0.05) is 4.43 Å². The lowest BCUT2D eigenvalue weighted by atomic mass is 9.93. The van der Waals surface area contributed by atoms with Gasteiger partial charge >= 0.3 is 0 Å². The lowest BCUT2D eigenvalue weighted by Crippen LogP contribution is -2.04. The molecule has 0 aromatic rings. The van der Waals surface area contributed by atoms with Crippen molar-refractivity contribution in [1.29, 1.82) is 0 Å². The van der Waals surface area contributed by atoms with Crippen LogP contribution in [0.4, 0.5) is 0 Å². The summed E-state index contributed by atoms with van der Waals surface area (Å²) >= 11 is 2.53. The van der Waals surface area contributed by atoms with Gasteiger partial charge in [0.2, 0.25) is 0 Å². The van der Waals surface area contributed by atoms with Crippen LogP contribution in [0.3, 0.4) is 0 Å². The maximum atomic E-state index is 2.53. The van der Waals surface area contributed by atoms with Crippen LogP contribution in [-0.4, -0.2) is 4.43 Å². The van der Waals surface area contributed by atoms with Gasteiger partial charge in [0.1, 0.15) is 0 Å². The molecule has 2 unspecified atom stereocenters. The lowest BCUT2D eigenvalue weighted by Gasteiger charge is -2.14. The van der Waals surface area contributed by atoms with Gasteiger partial charge in [0.05, 0.1) is 0 Å². The van der Waals surface area contributed by atoms with E-state index in [1.54, 1.807) is 0 Å². The predicted molar refractivity (Wildman–Crippen MR) is 68.5 cm³/mol. The molecule has 13 heavy (non-hydrogen) atoms. The van der Waals surface area contributed by atoms with E-state index in [4.69, 9.17) is 0 Å². The standard InChI is InChI=1S/C12H23I/c1-3-4-5-6-7-12(8-9-13)10-11(12)2/h11H,3-10H2,1-2H3. The first-order valence-corrected chi connectivity index (χ1v) is 7.33. The summed E-state index contributed by atoms with van der Waals surface area (Å²) in [5.41, 5.74) is 0.801. The second kappa shape index (κ2) is 5.57. The molecule has 1 aliphatic rings. The van der Waals surface area contributed by atoms with Crippen molar-refractivity contribution in [3.63, 3.8) is 0 Å². The van der Waals surface area contributed by atoms with E-state index in [0.29, 0.717) is 0 Å². The Labute approximate surface area is 97.0 Å². The van der Waals surface area contributed by atoms with E-state index in [-0.39, 0.29) is 0 Å². The van der Waals surface area contributed by atoms with Crippen molar-refractivity contribution in [1.82, 2.24) is 0 Å². The van der Waals surface area contributed by atoms with Gasteiger partial charge in [-0.1, -0.05) is 62.1 Å². The maximum Gasteiger partial charge on any atom is 0.0000658 e. The first-order valence-electron chi connectivity index (χ1n) is 5.81. The average Bonchev–Trinajstić information content (AvgIpc) is 2.72. The van der Waals surface area contributed by atoms with Crippen molar-refractivity contribution in [3.8, 4) is 0 Å². The number of halogens is 1. The summed E-state index contributed by atoms with van der Waals surface area (Å²) in [5, 5.41) is 0. The Kier molecular flexibility index (Phi) is 5.06. The minimum atomic E-state index is 0.801. The first-order chi connectivity index (χ1) is 6.25. The molecule has 1 saturated carbocycles. The van der Waals surface area contributed by atoms with Gasteiger partial charge in [-0.2, -0.15) is 0 Å². The highest BCUT2D eigenvalue weighted by Gasteiger charge is 2.48. The molecule has 0 saturated heterocycles. The Morgan fingerprint density at radius 2 is 1.92 bits per heavy atom. The van der Waals surface area contributed by atoms with Crippen LogP contribution in [0.5, 0.6) is 0 Å². The summed E-state index contributed by atoms with van der Waals surface area (Å²) in [6.07, 6.45) is 10.3. The van der Waals surface area contributed by atoms with E-state index < -0.39 is 0 Å². The minimum Gasteiger partial charge on any atom is -0.0864 e. The molecule has 0 nitrogen and oxygen atoms in total. The lowest BCUT2D eigenvalue weighted by molar-refractivity contribution is 0.395. The van der Waals surface area contributed by atoms with E-state index >= 15 is 0 Å². The quantitative estimate of drug-likeness (QED) is 0.359. The number of unbranched alkanes of at least 4 members (excludes halogenated alkanes) is 3. The van der Waals surface area contributed by atoms with E-state index in [1.165, 1.54) is 49.4 Å². The van der Waals surface area contributed by atoms with Crippen LogP contribution >= 0.6 is 22.6 Å². The van der Waals surface area contributed by atoms with Gasteiger partial charge in [0.25, 0.3) is 0 Å². The molecule has 0 radical (unpaired) electrons. The van der Waals surface area contributed by atoms with Crippen LogP contribution in [0.2, 0.25) is 0 Å². The largest absolute Gasteiger partial charge is 0.0864 e. The number of hydrogen-bond acceptors (Lipinski definition) is 0. The molecule has 0 heterocycles. The second-order valence-corrected chi connectivity index (χ2v) is 5.80. The summed E-state index contributed by atoms with van der Waals surface area (Å²) in [6.45, 7) is 4.73. The van der Waals surface area contributed by atoms with Gasteiger partial charge in [-0.3, -0.25) is 0 Å². The molecule has 1 aliphatic carbocycles. The van der Waals surface area contributed by atoms with E-state index in [9.17, 15) is 0 Å². The summed E-state index contributed by atoms with van der Waals surface area (Å²) < 4.78 is 1.36. The molecule has 1 rings (SSSR count). The van der Waals surface area contributed by atoms with Crippen LogP contribution in [0, 0.1) is 11.3 Å². The predicted octanol–water partition coefficient (Wildman–Crippen LogP) is 4.81. The number of alkyl halides is 1. The van der Waals surface area contributed by atoms with Gasteiger partial charge in [-0.05, 0) is 30.6 Å². The number of hydrogen-bond donors (Lipinski definition) is 0. The molecular formula is C12H23I. The Bertz CT molecular complexity index is 144. The van der Waals surface area contributed by atoms with Crippen molar-refractivity contribution in [3.05, 3.63) is 0 Å². The molecule has 0 aromatic carbocycles. The zero-order valence-corrected chi connectivity index (χ0v) is 11.3. The summed E-state index contributed by atoms with van der Waals surface area (Å²) in [6, 6.07) is 0. The first kappa shape index (κ1) is 11.8. The van der Waals surface area contributed by atoms with Crippen molar-refractivity contribution in [2.75, 3.05) is 4.43 Å². The Balaban J connectivity index is 2.11. The summed E-state index contributed by atoms with van der Waals surface area (Å²) in [5.74, 6) is 1.03. The molecule has 78 valence electrons. The summed E-state index contributed by atoms with van der Waals surface area (Å²) in [7, 11) is 0. The maximum absolute atomic E-state index is 2.53. The second-order valence-electron chi connectivity index (χ2n) is 4.72. The van der Waals surface area contributed by atoms with Crippen LogP contribution in [-0.2, 0) is 0 Å². The van der Waals surface area contributed by atoms with Crippen LogP contribution < -0.4 is 0 Å². The molecule has 2 atom stereocenters. The number of rotatable bonds is 7. The molecule has 0 aliphatic heterocycles. The van der Waals surface area contributed by atoms with E-state index in [1.807, 2.05) is 0 Å². The summed E-state index contributed by atoms with van der Waals surface area (Å²) in [4.78, 5) is 0. The minimum absolute atomic E-state index is 0.801. The third-order valence-electron chi connectivity index (χ3n) is 3.72. The highest BCUT2D eigenvalue weighted by Crippen LogP contribution is 2.58. The third-order valence-corrected chi connectivity index (χ3v) is 4.26.